The Hall–Kier alpha value is -1.00. The maximum absolute atomic E-state index is 6.06. The van der Waals surface area contributed by atoms with Crippen molar-refractivity contribution in [2.75, 3.05) is 32.4 Å². The van der Waals surface area contributed by atoms with Crippen LogP contribution in [0.5, 0.6) is 0 Å². The van der Waals surface area contributed by atoms with Crippen LogP contribution in [-0.4, -0.2) is 37.3 Å². The van der Waals surface area contributed by atoms with Crippen LogP contribution in [0.2, 0.25) is 5.02 Å². The van der Waals surface area contributed by atoms with Gasteiger partial charge in [0.15, 0.2) is 0 Å². The van der Waals surface area contributed by atoms with Crippen molar-refractivity contribution < 1.29 is 0 Å². The van der Waals surface area contributed by atoms with Gasteiger partial charge in [-0.15, -0.1) is 11.8 Å². The topological polar surface area (TPSA) is 15.3 Å². The second-order valence-electron chi connectivity index (χ2n) is 5.51. The van der Waals surface area contributed by atoms with Crippen LogP contribution >= 0.6 is 23.4 Å². The molecule has 2 aromatic rings. The Balaban J connectivity index is 1.95. The summed E-state index contributed by atoms with van der Waals surface area (Å²) < 4.78 is 0. The highest BCUT2D eigenvalue weighted by Crippen LogP contribution is 2.31. The highest BCUT2D eigenvalue weighted by molar-refractivity contribution is 7.98. The number of hydrogen-bond acceptors (Lipinski definition) is 3. The van der Waals surface area contributed by atoms with E-state index in [4.69, 9.17) is 11.6 Å². The normalized spacial score (nSPS) is 17.4. The second-order valence-corrected chi connectivity index (χ2v) is 6.83. The van der Waals surface area contributed by atoms with Gasteiger partial charge in [0.2, 0.25) is 0 Å². The molecule has 0 saturated carbocycles. The SMILES string of the molecule is CSc1ccc(C(c2ccc(Cl)cc2)N2CCNCC2)cc1. The van der Waals surface area contributed by atoms with Crippen LogP contribution in [0.3, 0.4) is 0 Å². The number of nitrogens with zero attached hydrogens (tertiary/aromatic N) is 1. The third kappa shape index (κ3) is 3.66. The largest absolute Gasteiger partial charge is 0.314 e. The van der Waals surface area contributed by atoms with Gasteiger partial charge in [-0.25, -0.2) is 0 Å². The molecule has 0 bridgehead atoms. The first kappa shape index (κ1) is 15.9. The fourth-order valence-electron chi connectivity index (χ4n) is 2.99. The first-order valence-electron chi connectivity index (χ1n) is 7.62. The van der Waals surface area contributed by atoms with Gasteiger partial charge in [-0.05, 0) is 41.6 Å². The third-order valence-electron chi connectivity index (χ3n) is 4.13. The zero-order valence-electron chi connectivity index (χ0n) is 12.8. The number of halogens is 1. The Bertz CT molecular complexity index is 591. The summed E-state index contributed by atoms with van der Waals surface area (Å²) in [6.07, 6.45) is 2.11. The molecule has 2 aromatic carbocycles. The van der Waals surface area contributed by atoms with Crippen LogP contribution in [0.15, 0.2) is 53.4 Å². The maximum Gasteiger partial charge on any atom is 0.0602 e. The minimum atomic E-state index is 0.301. The molecule has 0 radical (unpaired) electrons. The average molecular weight is 333 g/mol. The van der Waals surface area contributed by atoms with Gasteiger partial charge in [-0.3, -0.25) is 4.90 Å². The molecule has 1 unspecified atom stereocenters. The standard InChI is InChI=1S/C18H21ClN2S/c1-22-17-8-4-15(5-9-17)18(21-12-10-20-11-13-21)14-2-6-16(19)7-3-14/h2-9,18,20H,10-13H2,1H3. The van der Waals surface area contributed by atoms with Gasteiger partial charge >= 0.3 is 0 Å². The Kier molecular flexibility index (Phi) is 5.42. The monoisotopic (exact) mass is 332 g/mol. The van der Waals surface area contributed by atoms with E-state index in [0.29, 0.717) is 6.04 Å². The minimum Gasteiger partial charge on any atom is -0.314 e. The van der Waals surface area contributed by atoms with E-state index in [1.165, 1.54) is 16.0 Å². The minimum absolute atomic E-state index is 0.301. The molecule has 0 spiro atoms. The molecular weight excluding hydrogens is 312 g/mol. The van der Waals surface area contributed by atoms with E-state index < -0.39 is 0 Å². The van der Waals surface area contributed by atoms with E-state index in [1.807, 2.05) is 12.1 Å². The number of thioether (sulfide) groups is 1. The fourth-order valence-corrected chi connectivity index (χ4v) is 3.52. The van der Waals surface area contributed by atoms with E-state index in [9.17, 15) is 0 Å². The lowest BCUT2D eigenvalue weighted by Gasteiger charge is -2.35. The highest BCUT2D eigenvalue weighted by Gasteiger charge is 2.23. The van der Waals surface area contributed by atoms with Gasteiger partial charge in [0.05, 0.1) is 6.04 Å². The molecule has 0 amide bonds. The molecule has 1 atom stereocenters. The Morgan fingerprint density at radius 3 is 2.05 bits per heavy atom. The number of piperazine rings is 1. The molecule has 1 heterocycles. The van der Waals surface area contributed by atoms with Crippen LogP contribution in [0.25, 0.3) is 0 Å². The smallest absolute Gasteiger partial charge is 0.0602 e. The van der Waals surface area contributed by atoms with E-state index in [2.05, 4.69) is 52.9 Å². The summed E-state index contributed by atoms with van der Waals surface area (Å²) in [5.74, 6) is 0. The van der Waals surface area contributed by atoms with Crippen LogP contribution in [0.1, 0.15) is 17.2 Å². The van der Waals surface area contributed by atoms with Crippen molar-refractivity contribution in [3.63, 3.8) is 0 Å². The first-order chi connectivity index (χ1) is 10.8. The molecule has 0 aromatic heterocycles. The summed E-state index contributed by atoms with van der Waals surface area (Å²) in [5, 5.41) is 4.23. The van der Waals surface area contributed by atoms with Crippen molar-refractivity contribution in [2.24, 2.45) is 0 Å². The van der Waals surface area contributed by atoms with Crippen molar-refractivity contribution in [2.45, 2.75) is 10.9 Å². The Morgan fingerprint density at radius 2 is 1.50 bits per heavy atom. The average Bonchev–Trinajstić information content (AvgIpc) is 2.58. The highest BCUT2D eigenvalue weighted by atomic mass is 35.5. The van der Waals surface area contributed by atoms with E-state index in [1.54, 1.807) is 11.8 Å². The van der Waals surface area contributed by atoms with Gasteiger partial charge in [-0.1, -0.05) is 35.9 Å². The van der Waals surface area contributed by atoms with Crippen molar-refractivity contribution in [1.82, 2.24) is 10.2 Å². The van der Waals surface area contributed by atoms with Gasteiger partial charge in [-0.2, -0.15) is 0 Å². The molecule has 1 aliphatic rings. The van der Waals surface area contributed by atoms with Crippen LogP contribution in [0, 0.1) is 0 Å². The van der Waals surface area contributed by atoms with Crippen molar-refractivity contribution in [3.05, 3.63) is 64.7 Å². The molecule has 3 rings (SSSR count). The van der Waals surface area contributed by atoms with Gasteiger partial charge in [0, 0.05) is 36.1 Å². The zero-order chi connectivity index (χ0) is 15.4. The Labute approximate surface area is 141 Å². The maximum atomic E-state index is 6.06. The van der Waals surface area contributed by atoms with E-state index in [0.717, 1.165) is 31.2 Å². The van der Waals surface area contributed by atoms with Crippen molar-refractivity contribution >= 4 is 23.4 Å². The summed E-state index contributed by atoms with van der Waals surface area (Å²) in [6.45, 7) is 4.23. The fraction of sp³-hybridized carbons (Fsp3) is 0.333. The van der Waals surface area contributed by atoms with Crippen LogP contribution in [-0.2, 0) is 0 Å². The molecule has 0 aliphatic carbocycles. The van der Waals surface area contributed by atoms with E-state index >= 15 is 0 Å². The lowest BCUT2D eigenvalue weighted by Crippen LogP contribution is -2.45. The lowest BCUT2D eigenvalue weighted by atomic mass is 9.96. The van der Waals surface area contributed by atoms with Crippen molar-refractivity contribution in [3.8, 4) is 0 Å². The van der Waals surface area contributed by atoms with Gasteiger partial charge < -0.3 is 5.32 Å². The summed E-state index contributed by atoms with van der Waals surface area (Å²) >= 11 is 7.84. The predicted molar refractivity (Wildman–Crippen MR) is 96.0 cm³/mol. The molecule has 4 heteroatoms. The van der Waals surface area contributed by atoms with Crippen molar-refractivity contribution in [1.29, 1.82) is 0 Å². The van der Waals surface area contributed by atoms with Crippen LogP contribution in [0.4, 0.5) is 0 Å². The number of hydrogen-bond donors (Lipinski definition) is 1. The summed E-state index contributed by atoms with van der Waals surface area (Å²) in [7, 11) is 0. The molecular formula is C18H21ClN2S. The van der Waals surface area contributed by atoms with Crippen LogP contribution < -0.4 is 5.32 Å². The summed E-state index contributed by atoms with van der Waals surface area (Å²) in [4.78, 5) is 3.85. The summed E-state index contributed by atoms with van der Waals surface area (Å²) in [5.41, 5.74) is 2.66. The number of rotatable bonds is 4. The van der Waals surface area contributed by atoms with E-state index in [-0.39, 0.29) is 0 Å². The quantitative estimate of drug-likeness (QED) is 0.850. The number of nitrogens with one attached hydrogen (secondary N) is 1. The predicted octanol–water partition coefficient (Wildman–Crippen LogP) is 4.06. The first-order valence-corrected chi connectivity index (χ1v) is 9.22. The molecule has 2 nitrogen and oxygen atoms in total. The number of benzene rings is 2. The molecule has 1 saturated heterocycles. The molecule has 1 aliphatic heterocycles. The zero-order valence-corrected chi connectivity index (χ0v) is 14.3. The Morgan fingerprint density at radius 1 is 0.955 bits per heavy atom. The molecule has 1 N–H and O–H groups in total. The molecule has 22 heavy (non-hydrogen) atoms. The molecule has 116 valence electrons. The molecule has 1 fully saturated rings. The second kappa shape index (κ2) is 7.51. The lowest BCUT2D eigenvalue weighted by molar-refractivity contribution is 0.198. The third-order valence-corrected chi connectivity index (χ3v) is 5.13. The van der Waals surface area contributed by atoms with Gasteiger partial charge in [0.1, 0.15) is 0 Å². The summed E-state index contributed by atoms with van der Waals surface area (Å²) in [6, 6.07) is 17.5. The van der Waals surface area contributed by atoms with Gasteiger partial charge in [0.25, 0.3) is 0 Å².